The van der Waals surface area contributed by atoms with Gasteiger partial charge in [0.2, 0.25) is 0 Å². The smallest absolute Gasteiger partial charge is 0.293 e. The van der Waals surface area contributed by atoms with E-state index in [0.29, 0.717) is 21.5 Å². The lowest BCUT2D eigenvalue weighted by Gasteiger charge is -2.13. The van der Waals surface area contributed by atoms with Gasteiger partial charge < -0.3 is 10.1 Å². The molecular formula is C26H20BrN3O6S. The average Bonchev–Trinajstić information content (AvgIpc) is 3.11. The number of amides is 3. The summed E-state index contributed by atoms with van der Waals surface area (Å²) in [7, 11) is 0. The van der Waals surface area contributed by atoms with Crippen molar-refractivity contribution >= 4 is 62.2 Å². The zero-order chi connectivity index (χ0) is 26.5. The van der Waals surface area contributed by atoms with Gasteiger partial charge in [-0.1, -0.05) is 46.3 Å². The van der Waals surface area contributed by atoms with Gasteiger partial charge in [-0.2, -0.15) is 0 Å². The van der Waals surface area contributed by atoms with Crippen molar-refractivity contribution < 1.29 is 24.0 Å². The van der Waals surface area contributed by atoms with Crippen molar-refractivity contribution in [2.24, 2.45) is 0 Å². The zero-order valence-corrected chi connectivity index (χ0v) is 21.9. The van der Waals surface area contributed by atoms with Gasteiger partial charge in [-0.25, -0.2) is 0 Å². The summed E-state index contributed by atoms with van der Waals surface area (Å²) < 4.78 is 6.43. The van der Waals surface area contributed by atoms with Crippen LogP contribution in [0, 0.1) is 17.0 Å². The van der Waals surface area contributed by atoms with Crippen molar-refractivity contribution in [3.63, 3.8) is 0 Å². The highest BCUT2D eigenvalue weighted by Gasteiger charge is 2.36. The number of hydrogen-bond donors (Lipinski definition) is 1. The first kappa shape index (κ1) is 26.1. The quantitative estimate of drug-likeness (QED) is 0.199. The van der Waals surface area contributed by atoms with Crippen LogP contribution < -0.4 is 10.1 Å². The number of benzene rings is 3. The van der Waals surface area contributed by atoms with Crippen LogP contribution in [0.15, 0.2) is 76.1 Å². The number of carbonyl (C=O) groups excluding carboxylic acids is 3. The molecule has 0 atom stereocenters. The molecule has 1 aliphatic rings. The molecule has 3 amide bonds. The van der Waals surface area contributed by atoms with Crippen LogP contribution in [0.4, 0.5) is 16.2 Å². The Morgan fingerprint density at radius 3 is 2.68 bits per heavy atom. The lowest BCUT2D eigenvalue weighted by molar-refractivity contribution is -0.385. The highest BCUT2D eigenvalue weighted by molar-refractivity contribution is 9.10. The minimum atomic E-state index is -0.573. The Hall–Kier alpha value is -3.96. The Balaban J connectivity index is 1.50. The summed E-state index contributed by atoms with van der Waals surface area (Å²) in [5, 5.41) is 13.5. The number of aryl methyl sites for hydroxylation is 1. The second-order valence-corrected chi connectivity index (χ2v) is 9.95. The van der Waals surface area contributed by atoms with Crippen LogP contribution in [-0.4, -0.2) is 33.5 Å². The largest absolute Gasteiger partial charge is 0.483 e. The standard InChI is InChI=1S/C26H20BrN3O6S/c1-16-5-4-7-20(11-16)28-24(31)15-36-22-10-9-19(27)12-18(22)13-23-25(32)29(26(33)37-23)14-17-6-2-3-8-21(17)30(34)35/h2-13H,14-15H2,1H3,(H,28,31)/b23-13-. The predicted octanol–water partition coefficient (Wildman–Crippen LogP) is 5.92. The molecule has 0 saturated carbocycles. The maximum atomic E-state index is 13.0. The van der Waals surface area contributed by atoms with Crippen molar-refractivity contribution in [3.8, 4) is 5.75 Å². The fourth-order valence-electron chi connectivity index (χ4n) is 3.60. The predicted molar refractivity (Wildman–Crippen MR) is 144 cm³/mol. The molecule has 3 aromatic carbocycles. The number of nitro groups is 1. The van der Waals surface area contributed by atoms with Crippen LogP contribution in [0.1, 0.15) is 16.7 Å². The molecule has 11 heteroatoms. The maximum Gasteiger partial charge on any atom is 0.293 e. The fourth-order valence-corrected chi connectivity index (χ4v) is 4.81. The number of imide groups is 1. The number of thioether (sulfide) groups is 1. The highest BCUT2D eigenvalue weighted by atomic mass is 79.9. The number of nitro benzene ring substituents is 1. The molecule has 0 aromatic heterocycles. The molecule has 1 aliphatic heterocycles. The van der Waals surface area contributed by atoms with Crippen molar-refractivity contribution in [1.29, 1.82) is 0 Å². The number of anilines is 1. The topological polar surface area (TPSA) is 119 Å². The SMILES string of the molecule is Cc1cccc(NC(=O)COc2ccc(Br)cc2/C=C2\SC(=O)N(Cc3ccccc3[N+](=O)[O-])C2=O)c1. The molecular weight excluding hydrogens is 562 g/mol. The lowest BCUT2D eigenvalue weighted by Crippen LogP contribution is -2.27. The third-order valence-corrected chi connectivity index (χ3v) is 6.71. The number of nitrogens with one attached hydrogen (secondary N) is 1. The van der Waals surface area contributed by atoms with E-state index in [9.17, 15) is 24.5 Å². The monoisotopic (exact) mass is 581 g/mol. The van der Waals surface area contributed by atoms with Crippen LogP contribution in [0.5, 0.6) is 5.75 Å². The van der Waals surface area contributed by atoms with E-state index >= 15 is 0 Å². The molecule has 0 radical (unpaired) electrons. The number of nitrogens with zero attached hydrogens (tertiary/aromatic N) is 2. The summed E-state index contributed by atoms with van der Waals surface area (Å²) >= 11 is 4.12. The van der Waals surface area contributed by atoms with E-state index in [4.69, 9.17) is 4.74 Å². The van der Waals surface area contributed by atoms with E-state index in [1.807, 2.05) is 25.1 Å². The van der Waals surface area contributed by atoms with Crippen molar-refractivity contribution in [3.05, 3.63) is 103 Å². The van der Waals surface area contributed by atoms with Crippen LogP contribution in [0.2, 0.25) is 0 Å². The van der Waals surface area contributed by atoms with Gasteiger partial charge in [-0.05, 0) is 60.7 Å². The number of rotatable bonds is 8. The van der Waals surface area contributed by atoms with Gasteiger partial charge in [-0.3, -0.25) is 29.4 Å². The summed E-state index contributed by atoms with van der Waals surface area (Å²) in [5.74, 6) is -0.589. The van der Waals surface area contributed by atoms with E-state index in [2.05, 4.69) is 21.2 Å². The number of halogens is 1. The van der Waals surface area contributed by atoms with E-state index in [1.165, 1.54) is 24.3 Å². The van der Waals surface area contributed by atoms with E-state index < -0.39 is 16.1 Å². The molecule has 1 saturated heterocycles. The van der Waals surface area contributed by atoms with Gasteiger partial charge in [0.05, 0.1) is 16.4 Å². The molecule has 9 nitrogen and oxygen atoms in total. The minimum Gasteiger partial charge on any atom is -0.483 e. The number of ether oxygens (including phenoxy) is 1. The Morgan fingerprint density at radius 1 is 1.14 bits per heavy atom. The zero-order valence-electron chi connectivity index (χ0n) is 19.5. The Morgan fingerprint density at radius 2 is 1.92 bits per heavy atom. The number of para-hydroxylation sites is 1. The van der Waals surface area contributed by atoms with Crippen LogP contribution in [0.3, 0.4) is 0 Å². The molecule has 37 heavy (non-hydrogen) atoms. The molecule has 1 fully saturated rings. The first-order valence-electron chi connectivity index (χ1n) is 11.0. The summed E-state index contributed by atoms with van der Waals surface area (Å²) in [5.41, 5.74) is 2.22. The highest BCUT2D eigenvalue weighted by Crippen LogP contribution is 2.36. The number of carbonyl (C=O) groups is 3. The summed E-state index contributed by atoms with van der Waals surface area (Å²) in [6, 6.07) is 18.4. The van der Waals surface area contributed by atoms with Crippen molar-refractivity contribution in [1.82, 2.24) is 4.90 Å². The van der Waals surface area contributed by atoms with Crippen LogP contribution in [0.25, 0.3) is 6.08 Å². The first-order valence-corrected chi connectivity index (χ1v) is 12.6. The van der Waals surface area contributed by atoms with Crippen molar-refractivity contribution in [2.75, 3.05) is 11.9 Å². The Bertz CT molecular complexity index is 1440. The third kappa shape index (κ3) is 6.43. The molecule has 0 bridgehead atoms. The third-order valence-electron chi connectivity index (χ3n) is 5.31. The van der Waals surface area contributed by atoms with Crippen molar-refractivity contribution in [2.45, 2.75) is 13.5 Å². The van der Waals surface area contributed by atoms with Gasteiger partial charge in [0.1, 0.15) is 5.75 Å². The molecule has 3 aromatic rings. The van der Waals surface area contributed by atoms with Gasteiger partial charge in [0.25, 0.3) is 22.7 Å². The van der Waals surface area contributed by atoms with Gasteiger partial charge >= 0.3 is 0 Å². The Kier molecular flexibility index (Phi) is 8.04. The van der Waals surface area contributed by atoms with Crippen LogP contribution in [-0.2, 0) is 16.1 Å². The summed E-state index contributed by atoms with van der Waals surface area (Å²) in [6.45, 7) is 1.43. The second kappa shape index (κ2) is 11.4. The molecule has 1 heterocycles. The lowest BCUT2D eigenvalue weighted by atomic mass is 10.1. The van der Waals surface area contributed by atoms with Gasteiger partial charge in [0, 0.05) is 27.4 Å². The molecule has 0 aliphatic carbocycles. The summed E-state index contributed by atoms with van der Waals surface area (Å²) in [4.78, 5) is 49.9. The molecule has 1 N–H and O–H groups in total. The molecule has 188 valence electrons. The van der Waals surface area contributed by atoms with Gasteiger partial charge in [-0.15, -0.1) is 0 Å². The van der Waals surface area contributed by atoms with E-state index in [0.717, 1.165) is 22.2 Å². The van der Waals surface area contributed by atoms with E-state index in [-0.39, 0.29) is 35.2 Å². The second-order valence-electron chi connectivity index (χ2n) is 8.04. The Labute approximate surface area is 224 Å². The average molecular weight is 582 g/mol. The van der Waals surface area contributed by atoms with Gasteiger partial charge in [0.15, 0.2) is 6.61 Å². The fraction of sp³-hybridized carbons (Fsp3) is 0.115. The molecule has 0 unspecified atom stereocenters. The molecule has 4 rings (SSSR count). The van der Waals surface area contributed by atoms with Crippen LogP contribution >= 0.6 is 27.7 Å². The summed E-state index contributed by atoms with van der Waals surface area (Å²) in [6.07, 6.45) is 1.50. The number of hydrogen-bond acceptors (Lipinski definition) is 7. The first-order chi connectivity index (χ1) is 17.7. The van der Waals surface area contributed by atoms with E-state index in [1.54, 1.807) is 30.3 Å². The molecule has 0 spiro atoms. The maximum absolute atomic E-state index is 13.0. The normalized spacial score (nSPS) is 14.2. The minimum absolute atomic E-state index is 0.135.